The van der Waals surface area contributed by atoms with Crippen LogP contribution in [0.15, 0.2) is 54.6 Å². The van der Waals surface area contributed by atoms with Crippen LogP contribution >= 0.6 is 0 Å². The van der Waals surface area contributed by atoms with Crippen molar-refractivity contribution in [1.82, 2.24) is 10.6 Å². The number of urea groups is 1. The summed E-state index contributed by atoms with van der Waals surface area (Å²) < 4.78 is 0. The van der Waals surface area contributed by atoms with Gasteiger partial charge < -0.3 is 10.6 Å². The number of imide groups is 1. The molecule has 2 atom stereocenters. The summed E-state index contributed by atoms with van der Waals surface area (Å²) in [4.78, 5) is 24.2. The summed E-state index contributed by atoms with van der Waals surface area (Å²) in [6.07, 6.45) is 1.06. The van der Waals surface area contributed by atoms with Crippen molar-refractivity contribution in [1.29, 1.82) is 0 Å². The summed E-state index contributed by atoms with van der Waals surface area (Å²) in [5, 5.41) is 6.81. The minimum Gasteiger partial charge on any atom is -0.341 e. The zero-order valence-electron chi connectivity index (χ0n) is 16.5. The molecule has 0 spiro atoms. The number of hydrogen-bond acceptors (Lipinski definition) is 2. The van der Waals surface area contributed by atoms with E-state index in [0.29, 0.717) is 5.92 Å². The van der Waals surface area contributed by atoms with Crippen LogP contribution in [0.2, 0.25) is 0 Å². The predicted octanol–water partition coefficient (Wildman–Crippen LogP) is 2.71. The van der Waals surface area contributed by atoms with Crippen LogP contribution in [0.25, 0.3) is 0 Å². The molecular weight excluding hydrogens is 338 g/mol. The molecule has 0 heterocycles. The lowest BCUT2D eigenvalue weighted by Crippen LogP contribution is -2.88. The van der Waals surface area contributed by atoms with Crippen LogP contribution in [0.3, 0.4) is 0 Å². The quantitative estimate of drug-likeness (QED) is 0.703. The van der Waals surface area contributed by atoms with Gasteiger partial charge in [-0.3, -0.25) is 10.1 Å². The molecule has 0 fully saturated rings. The van der Waals surface area contributed by atoms with E-state index in [9.17, 15) is 9.59 Å². The van der Waals surface area contributed by atoms with Crippen molar-refractivity contribution >= 4 is 11.9 Å². The summed E-state index contributed by atoms with van der Waals surface area (Å²) in [5.74, 6) is 0.291. The molecule has 2 aromatic rings. The smallest absolute Gasteiger partial charge is 0.321 e. The highest BCUT2D eigenvalue weighted by molar-refractivity contribution is 5.96. The average Bonchev–Trinajstić information content (AvgIpc) is 2.66. The Morgan fingerprint density at radius 1 is 0.926 bits per heavy atom. The molecule has 0 saturated heterocycles. The molecule has 0 aliphatic carbocycles. The van der Waals surface area contributed by atoms with Gasteiger partial charge in [-0.2, -0.15) is 0 Å². The monoisotopic (exact) mass is 368 g/mol. The zero-order valence-corrected chi connectivity index (χ0v) is 16.5. The second-order valence-corrected chi connectivity index (χ2v) is 7.28. The van der Waals surface area contributed by atoms with Gasteiger partial charge in [-0.25, -0.2) is 4.79 Å². The van der Waals surface area contributed by atoms with Gasteiger partial charge in [0.05, 0.1) is 0 Å². The average molecular weight is 369 g/mol. The number of nitrogens with two attached hydrogens (primary N) is 1. The van der Waals surface area contributed by atoms with Gasteiger partial charge in [-0.05, 0) is 24.8 Å². The fourth-order valence-electron chi connectivity index (χ4n) is 3.09. The molecule has 0 aromatic heterocycles. The van der Waals surface area contributed by atoms with Gasteiger partial charge in [0.2, 0.25) is 0 Å². The summed E-state index contributed by atoms with van der Waals surface area (Å²) in [6, 6.07) is 17.1. The number of carbonyl (C=O) groups excluding carboxylic acids is 2. The van der Waals surface area contributed by atoms with Crippen LogP contribution < -0.4 is 16.0 Å². The van der Waals surface area contributed by atoms with Crippen LogP contribution in [-0.4, -0.2) is 19.0 Å². The normalized spacial score (nSPS) is 13.1. The maximum atomic E-state index is 12.7. The van der Waals surface area contributed by atoms with E-state index in [0.717, 1.165) is 17.5 Å². The second-order valence-electron chi connectivity index (χ2n) is 7.28. The van der Waals surface area contributed by atoms with Crippen molar-refractivity contribution in [2.24, 2.45) is 5.92 Å². The van der Waals surface area contributed by atoms with E-state index in [-0.39, 0.29) is 11.9 Å². The highest BCUT2D eigenvalue weighted by Crippen LogP contribution is 2.16. The van der Waals surface area contributed by atoms with Crippen molar-refractivity contribution in [2.45, 2.75) is 39.3 Å². The lowest BCUT2D eigenvalue weighted by molar-refractivity contribution is -0.719. The molecule has 0 unspecified atom stereocenters. The molecule has 5 heteroatoms. The molecule has 2 aromatic carbocycles. The minimum atomic E-state index is -0.506. The van der Waals surface area contributed by atoms with Crippen molar-refractivity contribution in [3.63, 3.8) is 0 Å². The molecule has 0 aliphatic heterocycles. The van der Waals surface area contributed by atoms with Gasteiger partial charge >= 0.3 is 6.03 Å². The topological polar surface area (TPSA) is 74.8 Å². The fourth-order valence-corrected chi connectivity index (χ4v) is 3.09. The van der Waals surface area contributed by atoms with Gasteiger partial charge in [-0.15, -0.1) is 0 Å². The highest BCUT2D eigenvalue weighted by Gasteiger charge is 2.28. The second kappa shape index (κ2) is 9.88. The molecular formula is C22H30N3O2+. The van der Waals surface area contributed by atoms with Crippen molar-refractivity contribution in [2.75, 3.05) is 7.05 Å². The van der Waals surface area contributed by atoms with Gasteiger partial charge in [-0.1, -0.05) is 68.4 Å². The number of nitrogens with one attached hydrogen (secondary N) is 2. The van der Waals surface area contributed by atoms with Crippen LogP contribution in [0.4, 0.5) is 4.79 Å². The number of amides is 3. The molecule has 5 nitrogen and oxygen atoms in total. The lowest BCUT2D eigenvalue weighted by atomic mass is 9.98. The van der Waals surface area contributed by atoms with Crippen LogP contribution in [0.5, 0.6) is 0 Å². The minimum absolute atomic E-state index is 0.0683. The molecule has 0 bridgehead atoms. The number of hydrogen-bond donors (Lipinski definition) is 3. The Morgan fingerprint density at radius 3 is 2.11 bits per heavy atom. The summed E-state index contributed by atoms with van der Waals surface area (Å²) in [7, 11) is 1.49. The van der Waals surface area contributed by atoms with Gasteiger partial charge in [0.25, 0.3) is 5.91 Å². The molecule has 27 heavy (non-hydrogen) atoms. The zero-order chi connectivity index (χ0) is 19.8. The van der Waals surface area contributed by atoms with E-state index >= 15 is 0 Å². The first-order valence-corrected chi connectivity index (χ1v) is 9.42. The van der Waals surface area contributed by atoms with Crippen molar-refractivity contribution in [3.05, 3.63) is 71.3 Å². The third-order valence-corrected chi connectivity index (χ3v) is 4.54. The SMILES string of the molecule is CNC(=O)NC(=O)[C@H]([NH2+][C@H](C)c1ccc(CC(C)C)cc1)c1ccccc1. The van der Waals surface area contributed by atoms with Gasteiger partial charge in [0.1, 0.15) is 6.04 Å². The first kappa shape index (κ1) is 20.6. The largest absolute Gasteiger partial charge is 0.341 e. The predicted molar refractivity (Wildman–Crippen MR) is 107 cm³/mol. The van der Waals surface area contributed by atoms with Crippen molar-refractivity contribution in [3.8, 4) is 0 Å². The maximum absolute atomic E-state index is 12.7. The molecule has 0 saturated carbocycles. The van der Waals surface area contributed by atoms with Crippen LogP contribution in [-0.2, 0) is 11.2 Å². The standard InChI is InChI=1S/C22H29N3O2/c1-15(2)14-17-10-12-18(13-11-17)16(3)24-20(19-8-6-5-7-9-19)21(26)25-22(27)23-4/h5-13,15-16,20,24H,14H2,1-4H3,(H2,23,25,26,27)/p+1/t16-,20-/m1/s1. The Kier molecular flexibility index (Phi) is 7.55. The van der Waals surface area contributed by atoms with Crippen LogP contribution in [0.1, 0.15) is 49.5 Å². The van der Waals surface area contributed by atoms with Crippen molar-refractivity contribution < 1.29 is 14.9 Å². The third-order valence-electron chi connectivity index (χ3n) is 4.54. The summed E-state index contributed by atoms with van der Waals surface area (Å²) >= 11 is 0. The van der Waals surface area contributed by atoms with E-state index in [2.05, 4.69) is 55.7 Å². The number of carbonyl (C=O) groups is 2. The highest BCUT2D eigenvalue weighted by atomic mass is 16.2. The van der Waals surface area contributed by atoms with E-state index in [1.54, 1.807) is 0 Å². The first-order valence-electron chi connectivity index (χ1n) is 9.42. The Morgan fingerprint density at radius 2 is 1.56 bits per heavy atom. The van der Waals surface area contributed by atoms with Gasteiger partial charge in [0, 0.05) is 18.2 Å². The molecule has 4 N–H and O–H groups in total. The molecule has 144 valence electrons. The molecule has 0 radical (unpaired) electrons. The number of benzene rings is 2. The Hall–Kier alpha value is -2.66. The number of quaternary nitrogens is 1. The van der Waals surface area contributed by atoms with E-state index in [4.69, 9.17) is 0 Å². The van der Waals surface area contributed by atoms with Gasteiger partial charge in [0.15, 0.2) is 6.04 Å². The fraction of sp³-hybridized carbons (Fsp3) is 0.364. The van der Waals surface area contributed by atoms with Crippen LogP contribution in [0, 0.1) is 5.92 Å². The Bertz CT molecular complexity index is 742. The van der Waals surface area contributed by atoms with E-state index < -0.39 is 12.1 Å². The lowest BCUT2D eigenvalue weighted by Gasteiger charge is -2.20. The summed E-state index contributed by atoms with van der Waals surface area (Å²) in [5.41, 5.74) is 3.33. The number of rotatable bonds is 7. The maximum Gasteiger partial charge on any atom is 0.321 e. The Balaban J connectivity index is 2.16. The van der Waals surface area contributed by atoms with E-state index in [1.807, 2.05) is 35.6 Å². The third kappa shape index (κ3) is 6.22. The molecule has 3 amide bonds. The Labute approximate surface area is 161 Å². The first-order chi connectivity index (χ1) is 12.9. The molecule has 2 rings (SSSR count). The molecule has 0 aliphatic rings. The summed E-state index contributed by atoms with van der Waals surface area (Å²) in [6.45, 7) is 6.49. The van der Waals surface area contributed by atoms with E-state index in [1.165, 1.54) is 12.6 Å².